The Balaban J connectivity index is 1.84. The van der Waals surface area contributed by atoms with Crippen molar-refractivity contribution in [3.8, 4) is 0 Å². The third-order valence-corrected chi connectivity index (χ3v) is 3.45. The standard InChI is InChI=1S/C15H21N3O2/c1-2-17-14(19)12-5-3-11(4-6-12)9-18-15(20)13-7-8-16-10-13/h3-6,13,16H,2,7-10H2,1H3,(H,17,19)(H,18,20). The van der Waals surface area contributed by atoms with Gasteiger partial charge in [0.05, 0.1) is 5.92 Å². The van der Waals surface area contributed by atoms with Gasteiger partial charge in [0.15, 0.2) is 0 Å². The van der Waals surface area contributed by atoms with Gasteiger partial charge in [-0.1, -0.05) is 12.1 Å². The smallest absolute Gasteiger partial charge is 0.251 e. The van der Waals surface area contributed by atoms with Crippen LogP contribution in [0.1, 0.15) is 29.3 Å². The highest BCUT2D eigenvalue weighted by Gasteiger charge is 2.21. The van der Waals surface area contributed by atoms with Gasteiger partial charge in [-0.05, 0) is 37.6 Å². The first kappa shape index (κ1) is 14.5. The first-order chi connectivity index (χ1) is 9.70. The molecule has 0 radical (unpaired) electrons. The van der Waals surface area contributed by atoms with Crippen molar-refractivity contribution in [3.05, 3.63) is 35.4 Å². The number of hydrogen-bond acceptors (Lipinski definition) is 3. The van der Waals surface area contributed by atoms with Crippen LogP contribution in [-0.2, 0) is 11.3 Å². The minimum Gasteiger partial charge on any atom is -0.352 e. The number of rotatable bonds is 5. The fourth-order valence-corrected chi connectivity index (χ4v) is 2.25. The van der Waals surface area contributed by atoms with E-state index in [-0.39, 0.29) is 17.7 Å². The van der Waals surface area contributed by atoms with Crippen LogP contribution < -0.4 is 16.0 Å². The SMILES string of the molecule is CCNC(=O)c1ccc(CNC(=O)C2CCNC2)cc1. The molecule has 1 aromatic carbocycles. The van der Waals surface area contributed by atoms with Crippen molar-refractivity contribution < 1.29 is 9.59 Å². The van der Waals surface area contributed by atoms with E-state index in [0.717, 1.165) is 25.1 Å². The average molecular weight is 275 g/mol. The van der Waals surface area contributed by atoms with Crippen molar-refractivity contribution in [1.29, 1.82) is 0 Å². The zero-order valence-corrected chi connectivity index (χ0v) is 11.7. The molecule has 0 aliphatic carbocycles. The monoisotopic (exact) mass is 275 g/mol. The Morgan fingerprint density at radius 2 is 2.00 bits per heavy atom. The molecule has 1 fully saturated rings. The lowest BCUT2D eigenvalue weighted by atomic mass is 10.1. The van der Waals surface area contributed by atoms with Gasteiger partial charge in [0.2, 0.25) is 5.91 Å². The van der Waals surface area contributed by atoms with Crippen molar-refractivity contribution in [3.63, 3.8) is 0 Å². The summed E-state index contributed by atoms with van der Waals surface area (Å²) in [5.41, 5.74) is 1.64. The molecule has 5 nitrogen and oxygen atoms in total. The van der Waals surface area contributed by atoms with Crippen molar-refractivity contribution in [1.82, 2.24) is 16.0 Å². The van der Waals surface area contributed by atoms with Crippen LogP contribution >= 0.6 is 0 Å². The number of benzene rings is 1. The van der Waals surface area contributed by atoms with Crippen molar-refractivity contribution in [2.24, 2.45) is 5.92 Å². The highest BCUT2D eigenvalue weighted by atomic mass is 16.2. The molecule has 0 spiro atoms. The number of hydrogen-bond donors (Lipinski definition) is 3. The van der Waals surface area contributed by atoms with Crippen molar-refractivity contribution >= 4 is 11.8 Å². The lowest BCUT2D eigenvalue weighted by Gasteiger charge is -2.10. The van der Waals surface area contributed by atoms with Gasteiger partial charge >= 0.3 is 0 Å². The second kappa shape index (κ2) is 7.05. The van der Waals surface area contributed by atoms with Crippen LogP contribution in [0.25, 0.3) is 0 Å². The molecular formula is C15H21N3O2. The maximum absolute atomic E-state index is 11.9. The maximum Gasteiger partial charge on any atom is 0.251 e. The van der Waals surface area contributed by atoms with Gasteiger partial charge in [0.25, 0.3) is 5.91 Å². The van der Waals surface area contributed by atoms with Crippen LogP contribution in [0.3, 0.4) is 0 Å². The molecule has 1 aliphatic heterocycles. The molecule has 0 saturated carbocycles. The topological polar surface area (TPSA) is 70.2 Å². The van der Waals surface area contributed by atoms with E-state index in [2.05, 4.69) is 16.0 Å². The zero-order chi connectivity index (χ0) is 14.4. The first-order valence-electron chi connectivity index (χ1n) is 7.06. The van der Waals surface area contributed by atoms with Crippen LogP contribution in [0.5, 0.6) is 0 Å². The zero-order valence-electron chi connectivity index (χ0n) is 11.7. The molecule has 1 unspecified atom stereocenters. The third kappa shape index (κ3) is 3.81. The number of carbonyl (C=O) groups excluding carboxylic acids is 2. The fourth-order valence-electron chi connectivity index (χ4n) is 2.25. The molecule has 0 bridgehead atoms. The number of amides is 2. The molecule has 20 heavy (non-hydrogen) atoms. The van der Waals surface area contributed by atoms with E-state index in [4.69, 9.17) is 0 Å². The molecule has 1 atom stereocenters. The predicted molar refractivity (Wildman–Crippen MR) is 77.3 cm³/mol. The molecule has 2 amide bonds. The highest BCUT2D eigenvalue weighted by molar-refractivity contribution is 5.94. The fraction of sp³-hybridized carbons (Fsp3) is 0.467. The molecular weight excluding hydrogens is 254 g/mol. The Kier molecular flexibility index (Phi) is 5.12. The summed E-state index contributed by atoms with van der Waals surface area (Å²) in [6.07, 6.45) is 0.905. The molecule has 2 rings (SSSR count). The van der Waals surface area contributed by atoms with Crippen LogP contribution in [0.2, 0.25) is 0 Å². The van der Waals surface area contributed by atoms with E-state index < -0.39 is 0 Å². The quantitative estimate of drug-likeness (QED) is 0.739. The summed E-state index contributed by atoms with van der Waals surface area (Å²) in [6.45, 7) is 4.69. The minimum absolute atomic E-state index is 0.0693. The Hall–Kier alpha value is -1.88. The first-order valence-corrected chi connectivity index (χ1v) is 7.06. The molecule has 1 saturated heterocycles. The predicted octanol–water partition coefficient (Wildman–Crippen LogP) is 0.662. The van der Waals surface area contributed by atoms with E-state index in [1.54, 1.807) is 12.1 Å². The van der Waals surface area contributed by atoms with Crippen molar-refractivity contribution in [2.45, 2.75) is 19.9 Å². The summed E-state index contributed by atoms with van der Waals surface area (Å²) in [4.78, 5) is 23.5. The highest BCUT2D eigenvalue weighted by Crippen LogP contribution is 2.08. The second-order valence-electron chi connectivity index (χ2n) is 4.96. The average Bonchev–Trinajstić information content (AvgIpc) is 3.00. The summed E-state index contributed by atoms with van der Waals surface area (Å²) >= 11 is 0. The van der Waals surface area contributed by atoms with E-state index in [9.17, 15) is 9.59 Å². The normalized spacial score (nSPS) is 17.8. The third-order valence-electron chi connectivity index (χ3n) is 3.45. The molecule has 1 aliphatic rings. The maximum atomic E-state index is 11.9. The Bertz CT molecular complexity index is 465. The van der Waals surface area contributed by atoms with Gasteiger partial charge in [-0.15, -0.1) is 0 Å². The number of carbonyl (C=O) groups is 2. The molecule has 5 heteroatoms. The summed E-state index contributed by atoms with van der Waals surface area (Å²) in [6, 6.07) is 7.31. The molecule has 1 heterocycles. The van der Waals surface area contributed by atoms with Crippen LogP contribution in [0.15, 0.2) is 24.3 Å². The summed E-state index contributed by atoms with van der Waals surface area (Å²) in [5, 5.41) is 8.87. The second-order valence-corrected chi connectivity index (χ2v) is 4.96. The molecule has 3 N–H and O–H groups in total. The minimum atomic E-state index is -0.0693. The van der Waals surface area contributed by atoms with E-state index >= 15 is 0 Å². The summed E-state index contributed by atoms with van der Waals surface area (Å²) in [7, 11) is 0. The van der Waals surface area contributed by atoms with Gasteiger partial charge in [-0.2, -0.15) is 0 Å². The van der Waals surface area contributed by atoms with Crippen molar-refractivity contribution in [2.75, 3.05) is 19.6 Å². The van der Waals surface area contributed by atoms with Gasteiger partial charge in [-0.25, -0.2) is 0 Å². The van der Waals surface area contributed by atoms with Gasteiger partial charge in [-0.3, -0.25) is 9.59 Å². The molecule has 1 aromatic rings. The van der Waals surface area contributed by atoms with Gasteiger partial charge < -0.3 is 16.0 Å². The van der Waals surface area contributed by atoms with Crippen LogP contribution in [-0.4, -0.2) is 31.4 Å². The van der Waals surface area contributed by atoms with Crippen LogP contribution in [0.4, 0.5) is 0 Å². The largest absolute Gasteiger partial charge is 0.352 e. The Labute approximate surface area is 119 Å². The van der Waals surface area contributed by atoms with Gasteiger partial charge in [0.1, 0.15) is 0 Å². The lowest BCUT2D eigenvalue weighted by Crippen LogP contribution is -2.31. The molecule has 0 aromatic heterocycles. The number of nitrogens with one attached hydrogen (secondary N) is 3. The summed E-state index contributed by atoms with van der Waals surface area (Å²) in [5.74, 6) is 0.118. The van der Waals surface area contributed by atoms with Crippen LogP contribution in [0, 0.1) is 5.92 Å². The molecule has 108 valence electrons. The summed E-state index contributed by atoms with van der Waals surface area (Å²) < 4.78 is 0. The van der Waals surface area contributed by atoms with Gasteiger partial charge in [0, 0.05) is 25.2 Å². The Morgan fingerprint density at radius 1 is 1.25 bits per heavy atom. The Morgan fingerprint density at radius 3 is 2.60 bits per heavy atom. The van der Waals surface area contributed by atoms with E-state index in [0.29, 0.717) is 18.7 Å². The van der Waals surface area contributed by atoms with E-state index in [1.807, 2.05) is 19.1 Å². The van der Waals surface area contributed by atoms with E-state index in [1.165, 1.54) is 0 Å². The lowest BCUT2D eigenvalue weighted by molar-refractivity contribution is -0.124.